The van der Waals surface area contributed by atoms with E-state index in [1.165, 1.54) is 36.8 Å². The third kappa shape index (κ3) is 2.36. The normalized spacial score (nSPS) is 21.7. The predicted molar refractivity (Wildman–Crippen MR) is 75.4 cm³/mol. The summed E-state index contributed by atoms with van der Waals surface area (Å²) in [6.45, 7) is 0.700. The molecule has 1 unspecified atom stereocenters. The van der Waals surface area contributed by atoms with Crippen molar-refractivity contribution in [3.05, 3.63) is 47.1 Å². The van der Waals surface area contributed by atoms with Crippen LogP contribution in [0.5, 0.6) is 0 Å². The zero-order chi connectivity index (χ0) is 13.4. The summed E-state index contributed by atoms with van der Waals surface area (Å²) >= 11 is 0. The van der Waals surface area contributed by atoms with Crippen molar-refractivity contribution in [1.82, 2.24) is 15.5 Å². The van der Waals surface area contributed by atoms with Crippen LogP contribution in [-0.4, -0.2) is 16.2 Å². The van der Waals surface area contributed by atoms with E-state index < -0.39 is 0 Å². The highest BCUT2D eigenvalue weighted by molar-refractivity contribution is 5.36. The van der Waals surface area contributed by atoms with Gasteiger partial charge in [0.1, 0.15) is 0 Å². The third-order valence-corrected chi connectivity index (χ3v) is 4.28. The molecule has 4 nitrogen and oxygen atoms in total. The first-order valence-electron chi connectivity index (χ1n) is 7.54. The summed E-state index contributed by atoms with van der Waals surface area (Å²) in [6, 6.07) is 9.31. The van der Waals surface area contributed by atoms with Gasteiger partial charge in [0.05, 0.1) is 6.54 Å². The van der Waals surface area contributed by atoms with Gasteiger partial charge in [0.15, 0.2) is 5.82 Å². The summed E-state index contributed by atoms with van der Waals surface area (Å²) in [5.74, 6) is 1.87. The molecule has 1 fully saturated rings. The van der Waals surface area contributed by atoms with E-state index in [1.54, 1.807) is 0 Å². The van der Waals surface area contributed by atoms with Crippen LogP contribution in [0.25, 0.3) is 0 Å². The maximum atomic E-state index is 5.39. The van der Waals surface area contributed by atoms with Gasteiger partial charge < -0.3 is 9.84 Å². The SMILES string of the molecule is c1ccc2c(c1)CCCC2c1noc(CNC2CC2)n1. The Labute approximate surface area is 118 Å². The van der Waals surface area contributed by atoms with Gasteiger partial charge in [-0.3, -0.25) is 0 Å². The van der Waals surface area contributed by atoms with Crippen molar-refractivity contribution < 1.29 is 4.52 Å². The lowest BCUT2D eigenvalue weighted by Gasteiger charge is -2.22. The number of aromatic nitrogens is 2. The van der Waals surface area contributed by atoms with Crippen molar-refractivity contribution in [1.29, 1.82) is 0 Å². The topological polar surface area (TPSA) is 51.0 Å². The van der Waals surface area contributed by atoms with Crippen LogP contribution in [0.3, 0.4) is 0 Å². The van der Waals surface area contributed by atoms with Crippen molar-refractivity contribution in [2.75, 3.05) is 0 Å². The first kappa shape index (κ1) is 12.1. The van der Waals surface area contributed by atoms with Crippen LogP contribution in [-0.2, 0) is 13.0 Å². The monoisotopic (exact) mass is 269 g/mol. The number of nitrogens with zero attached hydrogens (tertiary/aromatic N) is 2. The summed E-state index contributed by atoms with van der Waals surface area (Å²) < 4.78 is 5.39. The minimum absolute atomic E-state index is 0.304. The summed E-state index contributed by atoms with van der Waals surface area (Å²) in [5.41, 5.74) is 2.81. The number of nitrogens with one attached hydrogen (secondary N) is 1. The van der Waals surface area contributed by atoms with Gasteiger partial charge in [0, 0.05) is 12.0 Å². The maximum Gasteiger partial charge on any atom is 0.240 e. The Morgan fingerprint density at radius 2 is 2.10 bits per heavy atom. The van der Waals surface area contributed by atoms with Gasteiger partial charge in [-0.15, -0.1) is 0 Å². The van der Waals surface area contributed by atoms with Gasteiger partial charge in [-0.25, -0.2) is 0 Å². The molecule has 0 bridgehead atoms. The van der Waals surface area contributed by atoms with Gasteiger partial charge in [-0.1, -0.05) is 29.4 Å². The van der Waals surface area contributed by atoms with E-state index in [0.717, 1.165) is 18.1 Å². The molecule has 2 aromatic rings. The second-order valence-electron chi connectivity index (χ2n) is 5.85. The van der Waals surface area contributed by atoms with Crippen LogP contribution in [0.2, 0.25) is 0 Å². The minimum atomic E-state index is 0.304. The smallest absolute Gasteiger partial charge is 0.240 e. The molecule has 1 aromatic carbocycles. The van der Waals surface area contributed by atoms with Crippen molar-refractivity contribution in [2.24, 2.45) is 0 Å². The van der Waals surface area contributed by atoms with Gasteiger partial charge in [0.2, 0.25) is 5.89 Å². The van der Waals surface area contributed by atoms with Crippen molar-refractivity contribution >= 4 is 0 Å². The Morgan fingerprint density at radius 1 is 1.20 bits per heavy atom. The van der Waals surface area contributed by atoms with E-state index in [9.17, 15) is 0 Å². The second-order valence-corrected chi connectivity index (χ2v) is 5.85. The fourth-order valence-electron chi connectivity index (χ4n) is 3.02. The number of hydrogen-bond acceptors (Lipinski definition) is 4. The van der Waals surface area contributed by atoms with Gasteiger partial charge in [-0.05, 0) is 43.2 Å². The molecule has 0 aliphatic heterocycles. The van der Waals surface area contributed by atoms with Crippen LogP contribution < -0.4 is 5.32 Å². The zero-order valence-electron chi connectivity index (χ0n) is 11.5. The largest absolute Gasteiger partial charge is 0.338 e. The molecule has 0 saturated heterocycles. The molecule has 0 spiro atoms. The lowest BCUT2D eigenvalue weighted by molar-refractivity contribution is 0.359. The van der Waals surface area contributed by atoms with Crippen molar-refractivity contribution in [3.8, 4) is 0 Å². The summed E-state index contributed by atoms with van der Waals surface area (Å²) in [5, 5.41) is 7.62. The van der Waals surface area contributed by atoms with E-state index in [4.69, 9.17) is 4.52 Å². The molecule has 1 aromatic heterocycles. The van der Waals surface area contributed by atoms with Gasteiger partial charge in [-0.2, -0.15) is 4.98 Å². The van der Waals surface area contributed by atoms with Crippen LogP contribution in [0.15, 0.2) is 28.8 Å². The Bertz CT molecular complexity index is 603. The van der Waals surface area contributed by atoms with Gasteiger partial charge >= 0.3 is 0 Å². The molecule has 2 aliphatic carbocycles. The highest BCUT2D eigenvalue weighted by Crippen LogP contribution is 2.35. The molecule has 1 heterocycles. The van der Waals surface area contributed by atoms with E-state index in [-0.39, 0.29) is 0 Å². The number of rotatable bonds is 4. The number of benzene rings is 1. The highest BCUT2D eigenvalue weighted by Gasteiger charge is 2.26. The summed E-state index contributed by atoms with van der Waals surface area (Å²) in [7, 11) is 0. The Hall–Kier alpha value is -1.68. The second kappa shape index (κ2) is 5.02. The van der Waals surface area contributed by atoms with Crippen molar-refractivity contribution in [2.45, 2.75) is 50.6 Å². The third-order valence-electron chi connectivity index (χ3n) is 4.28. The molecule has 104 valence electrons. The van der Waals surface area contributed by atoms with Crippen LogP contribution in [0, 0.1) is 0 Å². The van der Waals surface area contributed by atoms with E-state index in [0.29, 0.717) is 18.5 Å². The molecular weight excluding hydrogens is 250 g/mol. The zero-order valence-corrected chi connectivity index (χ0v) is 11.5. The molecule has 1 saturated carbocycles. The van der Waals surface area contributed by atoms with Crippen molar-refractivity contribution in [3.63, 3.8) is 0 Å². The predicted octanol–water partition coefficient (Wildman–Crippen LogP) is 2.79. The number of fused-ring (bicyclic) bond motifs is 1. The van der Waals surface area contributed by atoms with Gasteiger partial charge in [0.25, 0.3) is 0 Å². The maximum absolute atomic E-state index is 5.39. The number of hydrogen-bond donors (Lipinski definition) is 1. The standard InChI is InChI=1S/C16H19N3O/c1-2-6-13-11(4-1)5-3-7-14(13)16-18-15(20-19-16)10-17-12-8-9-12/h1-2,4,6,12,14,17H,3,5,7-10H2. The molecule has 1 atom stereocenters. The Balaban J connectivity index is 1.55. The van der Waals surface area contributed by atoms with Crippen LogP contribution in [0.1, 0.15) is 54.4 Å². The number of aryl methyl sites for hydroxylation is 1. The lowest BCUT2D eigenvalue weighted by Crippen LogP contribution is -2.16. The molecule has 20 heavy (non-hydrogen) atoms. The Kier molecular flexibility index (Phi) is 3.03. The Morgan fingerprint density at radius 3 is 3.00 bits per heavy atom. The quantitative estimate of drug-likeness (QED) is 0.927. The van der Waals surface area contributed by atoms with Crippen LogP contribution in [0.4, 0.5) is 0 Å². The molecule has 1 N–H and O–H groups in total. The summed E-state index contributed by atoms with van der Waals surface area (Å²) in [4.78, 5) is 4.59. The lowest BCUT2D eigenvalue weighted by atomic mass is 9.82. The fraction of sp³-hybridized carbons (Fsp3) is 0.500. The molecule has 0 radical (unpaired) electrons. The van der Waals surface area contributed by atoms with E-state index in [1.807, 2.05) is 0 Å². The first-order chi connectivity index (χ1) is 9.90. The summed E-state index contributed by atoms with van der Waals surface area (Å²) in [6.07, 6.45) is 6.03. The molecule has 4 rings (SSSR count). The average Bonchev–Trinajstić information content (AvgIpc) is 3.21. The highest BCUT2D eigenvalue weighted by atomic mass is 16.5. The van der Waals surface area contributed by atoms with E-state index >= 15 is 0 Å². The molecular formula is C16H19N3O. The molecule has 2 aliphatic rings. The molecule has 0 amide bonds. The molecule has 4 heteroatoms. The minimum Gasteiger partial charge on any atom is -0.338 e. The average molecular weight is 269 g/mol. The fourth-order valence-corrected chi connectivity index (χ4v) is 3.02. The van der Waals surface area contributed by atoms with Crippen LogP contribution >= 0.6 is 0 Å². The van der Waals surface area contributed by atoms with E-state index in [2.05, 4.69) is 39.7 Å². The first-order valence-corrected chi connectivity index (χ1v) is 7.54.